The lowest BCUT2D eigenvalue weighted by Gasteiger charge is -2.26. The van der Waals surface area contributed by atoms with Crippen molar-refractivity contribution in [3.63, 3.8) is 0 Å². The van der Waals surface area contributed by atoms with E-state index in [1.807, 2.05) is 6.92 Å². The predicted molar refractivity (Wildman–Crippen MR) is 147 cm³/mol. The highest BCUT2D eigenvalue weighted by atomic mass is 19.4. The number of alkyl halides is 3. The molecule has 14 heteroatoms. The summed E-state index contributed by atoms with van der Waals surface area (Å²) in [5.74, 6) is 0.785. The van der Waals surface area contributed by atoms with Crippen molar-refractivity contribution in [2.75, 3.05) is 54.9 Å². The summed E-state index contributed by atoms with van der Waals surface area (Å²) >= 11 is 0. The number of aromatic nitrogens is 5. The quantitative estimate of drug-likeness (QED) is 0.270. The van der Waals surface area contributed by atoms with Crippen LogP contribution in [0.2, 0.25) is 0 Å². The number of hydrogen-bond acceptors (Lipinski definition) is 9. The van der Waals surface area contributed by atoms with Gasteiger partial charge in [0.25, 0.3) is 5.91 Å². The van der Waals surface area contributed by atoms with Gasteiger partial charge in [0.1, 0.15) is 24.3 Å². The highest BCUT2D eigenvalue weighted by Gasteiger charge is 2.31. The van der Waals surface area contributed by atoms with Crippen molar-refractivity contribution in [1.29, 1.82) is 0 Å². The van der Waals surface area contributed by atoms with Crippen molar-refractivity contribution in [3.8, 4) is 0 Å². The Labute approximate surface area is 233 Å². The third-order valence-electron chi connectivity index (χ3n) is 6.49. The Morgan fingerprint density at radius 2 is 1.90 bits per heavy atom. The first-order valence-electron chi connectivity index (χ1n) is 12.9. The lowest BCUT2D eigenvalue weighted by atomic mass is 10.1. The first kappa shape index (κ1) is 28.0. The van der Waals surface area contributed by atoms with E-state index < -0.39 is 17.6 Å². The van der Waals surface area contributed by atoms with Gasteiger partial charge in [0, 0.05) is 43.5 Å². The Morgan fingerprint density at radius 1 is 1.07 bits per heavy atom. The number of aryl methyl sites for hydroxylation is 1. The van der Waals surface area contributed by atoms with E-state index in [-0.39, 0.29) is 5.56 Å². The largest absolute Gasteiger partial charge is 0.416 e. The Kier molecular flexibility index (Phi) is 8.40. The Morgan fingerprint density at radius 3 is 2.66 bits per heavy atom. The molecule has 1 aliphatic rings. The molecule has 1 aliphatic heterocycles. The molecule has 1 fully saturated rings. The summed E-state index contributed by atoms with van der Waals surface area (Å²) in [5.41, 5.74) is 0.790. The molecule has 0 bridgehead atoms. The topological polar surface area (TPSA) is 124 Å². The van der Waals surface area contributed by atoms with Crippen molar-refractivity contribution < 1.29 is 22.7 Å². The number of nitrogens with one attached hydrogen (secondary N) is 3. The molecular weight excluding hydrogens is 539 g/mol. The average Bonchev–Trinajstić information content (AvgIpc) is 3.50. The summed E-state index contributed by atoms with van der Waals surface area (Å²) < 4.78 is 44.8. The highest BCUT2D eigenvalue weighted by Crippen LogP contribution is 2.35. The average molecular weight is 568 g/mol. The van der Waals surface area contributed by atoms with Gasteiger partial charge in [0.05, 0.1) is 24.5 Å². The number of carbonyl (C=O) groups excluding carboxylic acids is 1. The molecule has 5 rings (SSSR count). The fourth-order valence-corrected chi connectivity index (χ4v) is 4.35. The van der Waals surface area contributed by atoms with Crippen LogP contribution in [0.5, 0.6) is 0 Å². The lowest BCUT2D eigenvalue weighted by Crippen LogP contribution is -2.39. The van der Waals surface area contributed by atoms with Crippen LogP contribution in [0.4, 0.5) is 42.1 Å². The molecule has 11 nitrogen and oxygen atoms in total. The molecule has 0 spiro atoms. The van der Waals surface area contributed by atoms with Gasteiger partial charge in [-0.1, -0.05) is 12.1 Å². The zero-order valence-electron chi connectivity index (χ0n) is 22.1. The maximum atomic E-state index is 13.1. The minimum atomic E-state index is -4.56. The zero-order chi connectivity index (χ0) is 28.8. The maximum Gasteiger partial charge on any atom is 0.416 e. The second kappa shape index (κ2) is 12.3. The number of hydrogen-bond donors (Lipinski definition) is 3. The molecule has 0 saturated carbocycles. The molecule has 3 heterocycles. The molecule has 4 aromatic rings. The third-order valence-corrected chi connectivity index (χ3v) is 6.49. The second-order valence-corrected chi connectivity index (χ2v) is 9.32. The fourth-order valence-electron chi connectivity index (χ4n) is 4.35. The number of carbonyl (C=O) groups is 1. The molecule has 1 saturated heterocycles. The normalized spacial score (nSPS) is 14.0. The van der Waals surface area contributed by atoms with Crippen molar-refractivity contribution in [2.45, 2.75) is 13.1 Å². The van der Waals surface area contributed by atoms with E-state index in [9.17, 15) is 18.0 Å². The predicted octanol–water partition coefficient (Wildman–Crippen LogP) is 4.39. The van der Waals surface area contributed by atoms with Gasteiger partial charge >= 0.3 is 6.18 Å². The fraction of sp³-hybridized carbons (Fsp3) is 0.296. The lowest BCUT2D eigenvalue weighted by molar-refractivity contribution is -0.137. The van der Waals surface area contributed by atoms with E-state index in [0.717, 1.165) is 50.5 Å². The summed E-state index contributed by atoms with van der Waals surface area (Å²) in [5, 5.41) is 12.8. The standard InChI is InChI=1S/C27H28F3N9O2/c1-18-5-6-21(36-25(40)19-3-2-4-20(13-19)27(28,29)30)14-22(18)39(26-34-17-35-37-26)24-15-23(32-16-33-24)31-7-8-38-9-11-41-12-10-38/h2-6,13-17H,7-12H2,1H3,(H,36,40)(H,31,32,33)(H,34,35,37). The van der Waals surface area contributed by atoms with Gasteiger partial charge in [0.2, 0.25) is 5.95 Å². The minimum absolute atomic E-state index is 0.113. The molecule has 0 radical (unpaired) electrons. The van der Waals surface area contributed by atoms with E-state index in [2.05, 4.69) is 40.7 Å². The number of amides is 1. The number of benzene rings is 2. The van der Waals surface area contributed by atoms with Gasteiger partial charge in [-0.25, -0.2) is 15.1 Å². The molecule has 0 atom stereocenters. The van der Waals surface area contributed by atoms with Gasteiger partial charge in [-0.2, -0.15) is 23.3 Å². The molecule has 41 heavy (non-hydrogen) atoms. The van der Waals surface area contributed by atoms with Gasteiger partial charge in [-0.15, -0.1) is 0 Å². The summed E-state index contributed by atoms with van der Waals surface area (Å²) in [7, 11) is 0. The monoisotopic (exact) mass is 567 g/mol. The van der Waals surface area contributed by atoms with Crippen molar-refractivity contribution >= 4 is 34.9 Å². The minimum Gasteiger partial charge on any atom is -0.379 e. The van der Waals surface area contributed by atoms with E-state index in [0.29, 0.717) is 35.5 Å². The number of anilines is 5. The van der Waals surface area contributed by atoms with Crippen LogP contribution in [0.3, 0.4) is 0 Å². The van der Waals surface area contributed by atoms with Gasteiger partial charge in [0.15, 0.2) is 0 Å². The maximum absolute atomic E-state index is 13.1. The van der Waals surface area contributed by atoms with Gasteiger partial charge in [-0.3, -0.25) is 14.6 Å². The Bertz CT molecular complexity index is 1480. The summed E-state index contributed by atoms with van der Waals surface area (Å²) in [4.78, 5) is 30.0. The van der Waals surface area contributed by atoms with Crippen LogP contribution in [0.1, 0.15) is 21.5 Å². The summed E-state index contributed by atoms with van der Waals surface area (Å²) in [6.07, 6.45) is -1.76. The van der Waals surface area contributed by atoms with E-state index in [1.165, 1.54) is 24.8 Å². The van der Waals surface area contributed by atoms with Crippen LogP contribution in [-0.4, -0.2) is 75.3 Å². The molecule has 214 valence electrons. The molecule has 1 amide bonds. The van der Waals surface area contributed by atoms with Crippen LogP contribution >= 0.6 is 0 Å². The zero-order valence-corrected chi connectivity index (χ0v) is 22.1. The Balaban J connectivity index is 1.38. The molecule has 2 aromatic heterocycles. The van der Waals surface area contributed by atoms with E-state index >= 15 is 0 Å². The number of ether oxygens (including phenoxy) is 1. The molecule has 0 unspecified atom stereocenters. The Hall–Kier alpha value is -4.56. The van der Waals surface area contributed by atoms with Crippen molar-refractivity contribution in [1.82, 2.24) is 30.0 Å². The van der Waals surface area contributed by atoms with E-state index in [4.69, 9.17) is 4.74 Å². The summed E-state index contributed by atoms with van der Waals surface area (Å²) in [6.45, 7) is 6.60. The molecule has 2 aromatic carbocycles. The molecule has 0 aliphatic carbocycles. The van der Waals surface area contributed by atoms with Crippen LogP contribution < -0.4 is 15.5 Å². The number of morpholine rings is 1. The number of aromatic amines is 1. The van der Waals surface area contributed by atoms with E-state index in [1.54, 1.807) is 29.2 Å². The number of nitrogens with zero attached hydrogens (tertiary/aromatic N) is 6. The van der Waals surface area contributed by atoms with Gasteiger partial charge in [-0.05, 0) is 42.8 Å². The number of H-pyrrole nitrogens is 1. The first-order chi connectivity index (χ1) is 19.8. The smallest absolute Gasteiger partial charge is 0.379 e. The highest BCUT2D eigenvalue weighted by molar-refractivity contribution is 6.04. The second-order valence-electron chi connectivity index (χ2n) is 9.32. The van der Waals surface area contributed by atoms with Crippen LogP contribution in [0.15, 0.2) is 61.2 Å². The summed E-state index contributed by atoms with van der Waals surface area (Å²) in [6, 6.07) is 11.2. The SMILES string of the molecule is Cc1ccc(NC(=O)c2cccc(C(F)(F)F)c2)cc1N(c1cc(NCCN2CCOCC2)ncn1)c1ncn[nH]1. The number of rotatable bonds is 9. The third kappa shape index (κ3) is 6.96. The van der Waals surface area contributed by atoms with Crippen LogP contribution in [0.25, 0.3) is 0 Å². The molecular formula is C27H28F3N9O2. The molecule has 3 N–H and O–H groups in total. The van der Waals surface area contributed by atoms with Gasteiger partial charge < -0.3 is 15.4 Å². The first-order valence-corrected chi connectivity index (χ1v) is 12.9. The van der Waals surface area contributed by atoms with Crippen LogP contribution in [-0.2, 0) is 10.9 Å². The van der Waals surface area contributed by atoms with Crippen molar-refractivity contribution in [2.24, 2.45) is 0 Å². The van der Waals surface area contributed by atoms with Crippen molar-refractivity contribution in [3.05, 3.63) is 77.9 Å². The van der Waals surface area contributed by atoms with Crippen LogP contribution in [0, 0.1) is 6.92 Å². The number of halogens is 3.